The van der Waals surface area contributed by atoms with Gasteiger partial charge < -0.3 is 0 Å². The van der Waals surface area contributed by atoms with Crippen LogP contribution in [0.4, 0.5) is 0 Å². The van der Waals surface area contributed by atoms with E-state index in [1.165, 1.54) is 0 Å². The van der Waals surface area contributed by atoms with Crippen molar-refractivity contribution in [3.63, 3.8) is 0 Å². The van der Waals surface area contributed by atoms with Gasteiger partial charge in [-0.15, -0.1) is 0 Å². The predicted octanol–water partition coefficient (Wildman–Crippen LogP) is 1.49. The normalized spacial score (nSPS) is 8.50. The maximum absolute atomic E-state index is 9.93. The zero-order valence-corrected chi connectivity index (χ0v) is 7.79. The van der Waals surface area contributed by atoms with Crippen molar-refractivity contribution in [2.24, 2.45) is 5.92 Å². The molecule has 0 fully saturated rings. The van der Waals surface area contributed by atoms with Gasteiger partial charge in [0.15, 0.2) is 0 Å². The molecule has 0 radical (unpaired) electrons. The average molecular weight is 252 g/mol. The second kappa shape index (κ2) is 3.85. The molecule has 0 N–H and O–H groups in total. The first-order chi connectivity index (χ1) is 2.77. The third-order valence-electron chi connectivity index (χ3n) is 0.492. The third-order valence-corrected chi connectivity index (χ3v) is 4.02. The molecule has 0 aliphatic carbocycles. The Balaban J connectivity index is 2.81. The van der Waals surface area contributed by atoms with Crippen LogP contribution in [0, 0.1) is 5.92 Å². The molecule has 0 atom stereocenters. The third kappa shape index (κ3) is 4.67. The number of rotatable bonds is 2. The van der Waals surface area contributed by atoms with Gasteiger partial charge in [0, 0.05) is 0 Å². The molecule has 0 heterocycles. The zero-order chi connectivity index (χ0) is 4.99. The summed E-state index contributed by atoms with van der Waals surface area (Å²) in [7, 11) is 0. The van der Waals surface area contributed by atoms with E-state index in [1.54, 1.807) is 0 Å². The van der Waals surface area contributed by atoms with E-state index in [2.05, 4.69) is 13.8 Å². The first-order valence-corrected chi connectivity index (χ1v) is 6.13. The summed E-state index contributed by atoms with van der Waals surface area (Å²) in [5, 5.41) is 0. The predicted molar refractivity (Wildman–Crippen MR) is 20.3 cm³/mol. The number of hydrogen-bond donors (Lipinski definition) is 0. The zero-order valence-electron chi connectivity index (χ0n) is 4.19. The van der Waals surface area contributed by atoms with Crippen LogP contribution in [0.3, 0.4) is 0 Å². The summed E-state index contributed by atoms with van der Waals surface area (Å²) in [6, 6.07) is 0. The Bertz CT molecular complexity index is 42.8. The van der Waals surface area contributed by atoms with Crippen LogP contribution in [0.25, 0.3) is 0 Å². The molecule has 0 aromatic carbocycles. The van der Waals surface area contributed by atoms with Crippen LogP contribution in [0.1, 0.15) is 13.8 Å². The summed E-state index contributed by atoms with van der Waals surface area (Å²) in [5.74, 6) is 0.672. The summed E-state index contributed by atoms with van der Waals surface area (Å²) < 4.78 is 10.9. The van der Waals surface area contributed by atoms with E-state index in [0.29, 0.717) is 5.92 Å². The molecule has 0 bridgehead atoms. The molecule has 0 aliphatic rings. The summed E-state index contributed by atoms with van der Waals surface area (Å²) in [4.78, 5) is 0. The van der Waals surface area contributed by atoms with Crippen LogP contribution >= 0.6 is 0 Å². The van der Waals surface area contributed by atoms with E-state index in [0.717, 1.165) is 4.18 Å². The van der Waals surface area contributed by atoms with E-state index in [4.69, 9.17) is 0 Å². The Hall–Kier alpha value is 0.670. The maximum atomic E-state index is 9.93. The van der Waals surface area contributed by atoms with Crippen LogP contribution < -0.4 is 0 Å². The Morgan fingerprint density at radius 2 is 2.17 bits per heavy atom. The molecule has 35 valence electrons. The van der Waals surface area contributed by atoms with Gasteiger partial charge in [-0.25, -0.2) is 0 Å². The minimum absolute atomic E-state index is 0.672. The Labute approximate surface area is 49.9 Å². The molecule has 0 saturated carbocycles. The molecule has 0 aliphatic heterocycles. The van der Waals surface area contributed by atoms with Gasteiger partial charge in [-0.2, -0.15) is 0 Å². The number of hydrogen-bond acceptors (Lipinski definition) is 1. The second-order valence-corrected chi connectivity index (χ2v) is 4.25. The van der Waals surface area contributed by atoms with E-state index >= 15 is 0 Å². The van der Waals surface area contributed by atoms with Crippen molar-refractivity contribution in [3.8, 4) is 0 Å². The van der Waals surface area contributed by atoms with E-state index in [-0.39, 0.29) is 0 Å². The Morgan fingerprint density at radius 1 is 1.67 bits per heavy atom. The van der Waals surface area contributed by atoms with Crippen molar-refractivity contribution < 1.29 is 25.8 Å². The van der Waals surface area contributed by atoms with Crippen molar-refractivity contribution in [3.05, 3.63) is 0 Å². The van der Waals surface area contributed by atoms with Gasteiger partial charge in [-0.05, 0) is 0 Å². The molecule has 0 spiro atoms. The Morgan fingerprint density at radius 3 is 2.17 bits per heavy atom. The molecule has 2 heteroatoms. The topological polar surface area (TPSA) is 17.1 Å². The van der Waals surface area contributed by atoms with Crippen LogP contribution in [-0.2, 0) is 25.8 Å². The standard InChI is InChI=1S/C4H9.Hf.O/c1-4(2)3;;/h4H,1H2,2-3H3;;. The van der Waals surface area contributed by atoms with Gasteiger partial charge in [0.2, 0.25) is 0 Å². The van der Waals surface area contributed by atoms with Gasteiger partial charge >= 0.3 is 49.7 Å². The molecule has 0 rings (SSSR count). The van der Waals surface area contributed by atoms with Gasteiger partial charge in [0.1, 0.15) is 0 Å². The van der Waals surface area contributed by atoms with Gasteiger partial charge in [0.25, 0.3) is 0 Å². The molecule has 6 heavy (non-hydrogen) atoms. The second-order valence-electron chi connectivity index (χ2n) is 1.74. The summed E-state index contributed by atoms with van der Waals surface area (Å²) >= 11 is -1.27. The van der Waals surface area contributed by atoms with Gasteiger partial charge in [-0.3, -0.25) is 0 Å². The van der Waals surface area contributed by atoms with E-state index in [1.807, 2.05) is 0 Å². The average Bonchev–Trinajstić information content (AvgIpc) is 1.35. The fraction of sp³-hybridized carbons (Fsp3) is 1.00. The molecule has 0 amide bonds. The molecule has 1 nitrogen and oxygen atoms in total. The fourth-order valence-corrected chi connectivity index (χ4v) is 1.36. The molecular weight excluding hydrogens is 243 g/mol. The van der Waals surface area contributed by atoms with Crippen LogP contribution in [0.2, 0.25) is 4.18 Å². The van der Waals surface area contributed by atoms with E-state index < -0.39 is 22.9 Å². The monoisotopic (exact) mass is 253 g/mol. The van der Waals surface area contributed by atoms with Crippen LogP contribution in [0.15, 0.2) is 0 Å². The molecule has 0 unspecified atom stereocenters. The van der Waals surface area contributed by atoms with Crippen molar-refractivity contribution in [2.75, 3.05) is 0 Å². The minimum atomic E-state index is -1.27. The van der Waals surface area contributed by atoms with Gasteiger partial charge in [0.05, 0.1) is 0 Å². The van der Waals surface area contributed by atoms with Crippen molar-refractivity contribution in [1.82, 2.24) is 0 Å². The van der Waals surface area contributed by atoms with Crippen molar-refractivity contribution >= 4 is 0 Å². The van der Waals surface area contributed by atoms with Crippen LogP contribution in [-0.4, -0.2) is 0 Å². The summed E-state index contributed by atoms with van der Waals surface area (Å²) in [6.07, 6.45) is 0. The fourth-order valence-electron chi connectivity index (χ4n) is 0.167. The van der Waals surface area contributed by atoms with Crippen molar-refractivity contribution in [1.29, 1.82) is 0 Å². The molecule has 0 aromatic rings. The first kappa shape index (κ1) is 6.67. The van der Waals surface area contributed by atoms with Gasteiger partial charge in [-0.1, -0.05) is 0 Å². The molecule has 0 saturated heterocycles. The Kier molecular flexibility index (Phi) is 4.28. The van der Waals surface area contributed by atoms with E-state index in [9.17, 15) is 2.85 Å². The molecular formula is C4H9HfO. The van der Waals surface area contributed by atoms with Crippen molar-refractivity contribution in [2.45, 2.75) is 18.0 Å². The summed E-state index contributed by atoms with van der Waals surface area (Å²) in [6.45, 7) is 4.20. The SMILES string of the molecule is CC(C)[CH2][Hf]=[O]. The molecule has 0 aromatic heterocycles. The quantitative estimate of drug-likeness (QED) is 0.680. The van der Waals surface area contributed by atoms with Crippen LogP contribution in [0.5, 0.6) is 0 Å². The first-order valence-electron chi connectivity index (χ1n) is 2.12. The summed E-state index contributed by atoms with van der Waals surface area (Å²) in [5.41, 5.74) is 0.